The molecule has 6 heteroatoms. The highest BCUT2D eigenvalue weighted by Crippen LogP contribution is 2.42. The van der Waals surface area contributed by atoms with Gasteiger partial charge in [0.25, 0.3) is 0 Å². The van der Waals surface area contributed by atoms with Crippen molar-refractivity contribution in [3.05, 3.63) is 90.0 Å². The Balaban J connectivity index is 1.69. The fourth-order valence-corrected chi connectivity index (χ4v) is 4.73. The van der Waals surface area contributed by atoms with Crippen molar-refractivity contribution in [3.63, 3.8) is 0 Å². The Morgan fingerprint density at radius 2 is 1.61 bits per heavy atom. The number of hydrogen-bond acceptors (Lipinski definition) is 4. The first kappa shape index (κ1) is 22.4. The fourth-order valence-electron chi connectivity index (χ4n) is 4.73. The summed E-state index contributed by atoms with van der Waals surface area (Å²) in [6.45, 7) is 0.0455. The van der Waals surface area contributed by atoms with Crippen LogP contribution in [-0.4, -0.2) is 30.1 Å². The Hall–Kier alpha value is -3.80. The molecule has 170 valence electrons. The van der Waals surface area contributed by atoms with E-state index in [0.717, 1.165) is 41.8 Å². The van der Waals surface area contributed by atoms with Gasteiger partial charge in [-0.15, -0.1) is 0 Å². The van der Waals surface area contributed by atoms with Crippen molar-refractivity contribution >= 4 is 23.3 Å². The summed E-state index contributed by atoms with van der Waals surface area (Å²) < 4.78 is 5.55. The number of para-hydroxylation sites is 2. The van der Waals surface area contributed by atoms with E-state index < -0.39 is 18.5 Å². The summed E-state index contributed by atoms with van der Waals surface area (Å²) in [6.07, 6.45) is 2.50. The number of benzene rings is 3. The van der Waals surface area contributed by atoms with Crippen LogP contribution in [0.15, 0.2) is 78.9 Å². The molecule has 0 bridgehead atoms. The molecule has 0 saturated heterocycles. The lowest BCUT2D eigenvalue weighted by Gasteiger charge is -2.35. The number of fused-ring (bicyclic) bond motifs is 1. The van der Waals surface area contributed by atoms with E-state index in [0.29, 0.717) is 12.3 Å². The molecule has 4 rings (SSSR count). The van der Waals surface area contributed by atoms with Crippen molar-refractivity contribution in [1.29, 1.82) is 0 Å². The van der Waals surface area contributed by atoms with E-state index in [4.69, 9.17) is 15.6 Å². The predicted octanol–water partition coefficient (Wildman–Crippen LogP) is 4.51. The highest BCUT2D eigenvalue weighted by Gasteiger charge is 2.34. The SMILES string of the molecule is NC(=O)C(CN(c1ccccc1)c1ccccc1)C1CCCc2c(OCC(=O)O)cccc21. The van der Waals surface area contributed by atoms with Gasteiger partial charge in [-0.2, -0.15) is 0 Å². The fraction of sp³-hybridized carbons (Fsp3) is 0.259. The second-order valence-electron chi connectivity index (χ2n) is 8.30. The molecule has 3 N–H and O–H groups in total. The van der Waals surface area contributed by atoms with Crippen LogP contribution in [0.5, 0.6) is 5.75 Å². The topological polar surface area (TPSA) is 92.9 Å². The van der Waals surface area contributed by atoms with Gasteiger partial charge in [0.05, 0.1) is 5.92 Å². The van der Waals surface area contributed by atoms with Crippen LogP contribution in [0.4, 0.5) is 11.4 Å². The molecule has 0 saturated carbocycles. The quantitative estimate of drug-likeness (QED) is 0.507. The molecule has 33 heavy (non-hydrogen) atoms. The van der Waals surface area contributed by atoms with Gasteiger partial charge in [0, 0.05) is 17.9 Å². The molecule has 2 unspecified atom stereocenters. The number of primary amides is 1. The third-order valence-electron chi connectivity index (χ3n) is 6.23. The van der Waals surface area contributed by atoms with Gasteiger partial charge in [0.1, 0.15) is 5.75 Å². The maximum absolute atomic E-state index is 12.8. The Kier molecular flexibility index (Phi) is 6.93. The molecule has 1 amide bonds. The summed E-state index contributed by atoms with van der Waals surface area (Å²) in [5.41, 5.74) is 9.97. The van der Waals surface area contributed by atoms with Gasteiger partial charge in [-0.3, -0.25) is 4.79 Å². The number of anilines is 2. The van der Waals surface area contributed by atoms with Crippen LogP contribution in [0.25, 0.3) is 0 Å². The Morgan fingerprint density at radius 1 is 0.970 bits per heavy atom. The lowest BCUT2D eigenvalue weighted by Crippen LogP contribution is -2.39. The van der Waals surface area contributed by atoms with E-state index >= 15 is 0 Å². The number of carbonyl (C=O) groups is 2. The highest BCUT2D eigenvalue weighted by atomic mass is 16.5. The van der Waals surface area contributed by atoms with Crippen LogP contribution in [0.3, 0.4) is 0 Å². The van der Waals surface area contributed by atoms with Crippen LogP contribution in [0, 0.1) is 5.92 Å². The van der Waals surface area contributed by atoms with E-state index in [9.17, 15) is 9.59 Å². The van der Waals surface area contributed by atoms with Gasteiger partial charge in [0.15, 0.2) is 6.61 Å². The molecular weight excluding hydrogens is 416 g/mol. The first-order valence-electron chi connectivity index (χ1n) is 11.2. The maximum Gasteiger partial charge on any atom is 0.341 e. The zero-order chi connectivity index (χ0) is 23.2. The third kappa shape index (κ3) is 5.17. The van der Waals surface area contributed by atoms with Crippen molar-refractivity contribution in [3.8, 4) is 5.75 Å². The number of nitrogens with zero attached hydrogens (tertiary/aromatic N) is 1. The van der Waals surface area contributed by atoms with Gasteiger partial charge in [-0.25, -0.2) is 4.79 Å². The zero-order valence-corrected chi connectivity index (χ0v) is 18.4. The molecule has 0 fully saturated rings. The number of rotatable bonds is 9. The largest absolute Gasteiger partial charge is 0.482 e. The van der Waals surface area contributed by atoms with Crippen LogP contribution in [0.2, 0.25) is 0 Å². The molecule has 2 atom stereocenters. The summed E-state index contributed by atoms with van der Waals surface area (Å²) in [5.74, 6) is -1.29. The van der Waals surface area contributed by atoms with Crippen molar-refractivity contribution in [1.82, 2.24) is 0 Å². The number of nitrogens with two attached hydrogens (primary N) is 1. The smallest absolute Gasteiger partial charge is 0.341 e. The summed E-state index contributed by atoms with van der Waals surface area (Å²) in [6, 6.07) is 25.6. The number of ether oxygens (including phenoxy) is 1. The predicted molar refractivity (Wildman–Crippen MR) is 128 cm³/mol. The molecule has 0 heterocycles. The van der Waals surface area contributed by atoms with Crippen LogP contribution < -0.4 is 15.4 Å². The molecule has 0 radical (unpaired) electrons. The van der Waals surface area contributed by atoms with Gasteiger partial charge in [-0.05, 0) is 66.6 Å². The molecule has 0 aliphatic heterocycles. The Labute approximate surface area is 193 Å². The number of aliphatic carboxylic acids is 1. The second-order valence-corrected chi connectivity index (χ2v) is 8.30. The van der Waals surface area contributed by atoms with E-state index in [1.165, 1.54) is 0 Å². The number of carboxylic acid groups (broad SMARTS) is 1. The number of hydrogen-bond donors (Lipinski definition) is 2. The average Bonchev–Trinajstić information content (AvgIpc) is 2.84. The van der Waals surface area contributed by atoms with Gasteiger partial charge in [-0.1, -0.05) is 48.5 Å². The van der Waals surface area contributed by atoms with Crippen molar-refractivity contribution in [2.45, 2.75) is 25.2 Å². The monoisotopic (exact) mass is 444 g/mol. The van der Waals surface area contributed by atoms with E-state index in [1.807, 2.05) is 72.8 Å². The molecule has 0 spiro atoms. The maximum atomic E-state index is 12.8. The normalized spacial score (nSPS) is 15.8. The first-order valence-corrected chi connectivity index (χ1v) is 11.2. The van der Waals surface area contributed by atoms with E-state index in [1.54, 1.807) is 6.07 Å². The van der Waals surface area contributed by atoms with Gasteiger partial charge >= 0.3 is 5.97 Å². The standard InChI is InChI=1S/C27H28N2O4/c28-27(32)24(17-29(19-9-3-1-4-10-19)20-11-5-2-6-12-20)22-13-7-15-23-21(22)14-8-16-25(23)33-18-26(30)31/h1-6,8-12,14,16,22,24H,7,13,15,17-18H2,(H2,28,32)(H,30,31). The molecule has 1 aliphatic rings. The summed E-state index contributed by atoms with van der Waals surface area (Å²) in [4.78, 5) is 25.9. The van der Waals surface area contributed by atoms with Crippen LogP contribution in [0.1, 0.15) is 29.9 Å². The van der Waals surface area contributed by atoms with Crippen LogP contribution in [-0.2, 0) is 16.0 Å². The van der Waals surface area contributed by atoms with E-state index in [2.05, 4.69) is 4.90 Å². The summed E-state index contributed by atoms with van der Waals surface area (Å²) in [5, 5.41) is 9.02. The molecule has 3 aromatic rings. The van der Waals surface area contributed by atoms with Crippen molar-refractivity contribution in [2.24, 2.45) is 11.7 Å². The lowest BCUT2D eigenvalue weighted by atomic mass is 9.75. The summed E-state index contributed by atoms with van der Waals surface area (Å²) >= 11 is 0. The minimum Gasteiger partial charge on any atom is -0.482 e. The minimum atomic E-state index is -1.02. The minimum absolute atomic E-state index is 0.0745. The number of carbonyl (C=O) groups excluding carboxylic acids is 1. The van der Waals surface area contributed by atoms with Crippen LogP contribution >= 0.6 is 0 Å². The number of amides is 1. The van der Waals surface area contributed by atoms with Crippen molar-refractivity contribution in [2.75, 3.05) is 18.1 Å². The highest BCUT2D eigenvalue weighted by molar-refractivity contribution is 5.80. The Morgan fingerprint density at radius 3 is 2.18 bits per heavy atom. The molecular formula is C27H28N2O4. The van der Waals surface area contributed by atoms with Crippen molar-refractivity contribution < 1.29 is 19.4 Å². The zero-order valence-electron chi connectivity index (χ0n) is 18.4. The van der Waals surface area contributed by atoms with Gasteiger partial charge in [0.2, 0.25) is 5.91 Å². The van der Waals surface area contributed by atoms with Gasteiger partial charge < -0.3 is 20.5 Å². The molecule has 1 aliphatic carbocycles. The number of carboxylic acids is 1. The summed E-state index contributed by atoms with van der Waals surface area (Å²) in [7, 11) is 0. The molecule has 0 aromatic heterocycles. The Bertz CT molecular complexity index is 1060. The third-order valence-corrected chi connectivity index (χ3v) is 6.23. The average molecular weight is 445 g/mol. The lowest BCUT2D eigenvalue weighted by molar-refractivity contribution is -0.139. The first-order chi connectivity index (χ1) is 16.0. The second kappa shape index (κ2) is 10.2. The molecule has 3 aromatic carbocycles. The van der Waals surface area contributed by atoms with E-state index in [-0.39, 0.29) is 11.8 Å². The molecule has 6 nitrogen and oxygen atoms in total.